The molecule has 1 amide bonds. The highest BCUT2D eigenvalue weighted by Gasteiger charge is 2.29. The van der Waals surface area contributed by atoms with Gasteiger partial charge < -0.3 is 4.90 Å². The summed E-state index contributed by atoms with van der Waals surface area (Å²) >= 11 is 0. The first kappa shape index (κ1) is 17.3. The number of sulfonamides is 1. The van der Waals surface area contributed by atoms with E-state index < -0.39 is 21.7 Å². The van der Waals surface area contributed by atoms with Crippen LogP contribution in [0.5, 0.6) is 0 Å². The van der Waals surface area contributed by atoms with Crippen molar-refractivity contribution < 1.29 is 17.6 Å². The van der Waals surface area contributed by atoms with Crippen LogP contribution in [0.2, 0.25) is 0 Å². The van der Waals surface area contributed by atoms with Gasteiger partial charge in [0.15, 0.2) is 0 Å². The predicted octanol–water partition coefficient (Wildman–Crippen LogP) is 0.902. The molecule has 0 spiro atoms. The Labute approximate surface area is 141 Å². The van der Waals surface area contributed by atoms with E-state index in [0.717, 1.165) is 43.8 Å². The molecule has 3 rings (SSSR count). The number of rotatable bonds is 5. The molecule has 1 saturated heterocycles. The lowest BCUT2D eigenvalue weighted by atomic mass is 10.1. The molecule has 2 fully saturated rings. The number of benzene rings is 1. The SMILES string of the molecule is CNS(=O)(=O)c1ccc(F)c(C(=O)N2CCN(CC3CC3)CC2)c1. The van der Waals surface area contributed by atoms with Crippen molar-refractivity contribution in [1.82, 2.24) is 14.5 Å². The second kappa shape index (κ2) is 6.78. The smallest absolute Gasteiger partial charge is 0.256 e. The van der Waals surface area contributed by atoms with Crippen LogP contribution < -0.4 is 4.72 Å². The van der Waals surface area contributed by atoms with Gasteiger partial charge in [-0.3, -0.25) is 9.69 Å². The van der Waals surface area contributed by atoms with Crippen LogP contribution in [0, 0.1) is 11.7 Å². The number of carbonyl (C=O) groups is 1. The number of halogens is 1. The Hall–Kier alpha value is -1.51. The molecule has 0 atom stereocenters. The fourth-order valence-electron chi connectivity index (χ4n) is 2.92. The number of piperazine rings is 1. The molecule has 0 bridgehead atoms. The van der Waals surface area contributed by atoms with E-state index in [4.69, 9.17) is 0 Å². The van der Waals surface area contributed by atoms with Crippen LogP contribution in [0.15, 0.2) is 23.1 Å². The number of nitrogens with zero attached hydrogens (tertiary/aromatic N) is 2. The molecule has 1 aliphatic heterocycles. The molecule has 8 heteroatoms. The minimum Gasteiger partial charge on any atom is -0.336 e. The van der Waals surface area contributed by atoms with E-state index in [1.54, 1.807) is 4.90 Å². The minimum absolute atomic E-state index is 0.109. The van der Waals surface area contributed by atoms with E-state index in [-0.39, 0.29) is 10.5 Å². The van der Waals surface area contributed by atoms with Crippen molar-refractivity contribution in [3.63, 3.8) is 0 Å². The van der Waals surface area contributed by atoms with Crippen molar-refractivity contribution in [3.8, 4) is 0 Å². The molecule has 132 valence electrons. The van der Waals surface area contributed by atoms with Gasteiger partial charge in [0.2, 0.25) is 10.0 Å². The predicted molar refractivity (Wildman–Crippen MR) is 87.7 cm³/mol. The molecule has 0 aromatic heterocycles. The summed E-state index contributed by atoms with van der Waals surface area (Å²) in [5.41, 5.74) is -0.193. The normalized spacial score (nSPS) is 19.5. The fourth-order valence-corrected chi connectivity index (χ4v) is 3.68. The van der Waals surface area contributed by atoms with Gasteiger partial charge in [-0.1, -0.05) is 0 Å². The van der Waals surface area contributed by atoms with Gasteiger partial charge in [0, 0.05) is 32.7 Å². The number of nitrogens with one attached hydrogen (secondary N) is 1. The zero-order valence-corrected chi connectivity index (χ0v) is 14.5. The fraction of sp³-hybridized carbons (Fsp3) is 0.562. The van der Waals surface area contributed by atoms with Crippen LogP contribution in [-0.2, 0) is 10.0 Å². The summed E-state index contributed by atoms with van der Waals surface area (Å²) in [6, 6.07) is 3.30. The quantitative estimate of drug-likeness (QED) is 0.852. The lowest BCUT2D eigenvalue weighted by Gasteiger charge is -2.34. The number of amides is 1. The largest absolute Gasteiger partial charge is 0.336 e. The third-order valence-electron chi connectivity index (χ3n) is 4.62. The van der Waals surface area contributed by atoms with Crippen molar-refractivity contribution in [2.75, 3.05) is 39.8 Å². The third-order valence-corrected chi connectivity index (χ3v) is 6.03. The maximum Gasteiger partial charge on any atom is 0.256 e. The van der Waals surface area contributed by atoms with E-state index in [9.17, 15) is 17.6 Å². The molecule has 6 nitrogen and oxygen atoms in total. The van der Waals surface area contributed by atoms with Gasteiger partial charge in [0.05, 0.1) is 10.5 Å². The van der Waals surface area contributed by atoms with E-state index in [2.05, 4.69) is 9.62 Å². The zero-order valence-electron chi connectivity index (χ0n) is 13.7. The first-order chi connectivity index (χ1) is 11.4. The lowest BCUT2D eigenvalue weighted by molar-refractivity contribution is 0.0627. The Bertz CT molecular complexity index is 726. The maximum absolute atomic E-state index is 14.1. The molecule has 1 saturated carbocycles. The Kier molecular flexibility index (Phi) is 4.89. The molecule has 1 N–H and O–H groups in total. The van der Waals surface area contributed by atoms with Gasteiger partial charge in [-0.05, 0) is 44.0 Å². The maximum atomic E-state index is 14.1. The van der Waals surface area contributed by atoms with Gasteiger partial charge in [-0.15, -0.1) is 0 Å². The summed E-state index contributed by atoms with van der Waals surface area (Å²) in [6.07, 6.45) is 2.58. The van der Waals surface area contributed by atoms with Crippen molar-refractivity contribution >= 4 is 15.9 Å². The Morgan fingerprint density at radius 3 is 2.50 bits per heavy atom. The lowest BCUT2D eigenvalue weighted by Crippen LogP contribution is -2.49. The van der Waals surface area contributed by atoms with E-state index in [1.807, 2.05) is 0 Å². The van der Waals surface area contributed by atoms with E-state index >= 15 is 0 Å². The summed E-state index contributed by atoms with van der Waals surface area (Å²) in [4.78, 5) is 16.4. The average Bonchev–Trinajstić information content (AvgIpc) is 3.39. The molecule has 1 aliphatic carbocycles. The van der Waals surface area contributed by atoms with Gasteiger partial charge in [-0.25, -0.2) is 17.5 Å². The standard InChI is InChI=1S/C16H22FN3O3S/c1-18-24(22,23)13-4-5-15(17)14(10-13)16(21)20-8-6-19(7-9-20)11-12-2-3-12/h4-5,10,12,18H,2-3,6-9,11H2,1H3. The topological polar surface area (TPSA) is 69.7 Å². The van der Waals surface area contributed by atoms with Crippen LogP contribution in [-0.4, -0.2) is 63.9 Å². The van der Waals surface area contributed by atoms with Crippen LogP contribution in [0.1, 0.15) is 23.2 Å². The molecule has 0 radical (unpaired) electrons. The second-order valence-electron chi connectivity index (χ2n) is 6.39. The minimum atomic E-state index is -3.71. The first-order valence-corrected chi connectivity index (χ1v) is 9.64. The molecule has 1 aromatic rings. The number of hydrogen-bond donors (Lipinski definition) is 1. The first-order valence-electron chi connectivity index (χ1n) is 8.15. The molecular formula is C16H22FN3O3S. The highest BCUT2D eigenvalue weighted by molar-refractivity contribution is 7.89. The molecule has 1 aromatic carbocycles. The van der Waals surface area contributed by atoms with Crippen molar-refractivity contribution in [3.05, 3.63) is 29.6 Å². The van der Waals surface area contributed by atoms with E-state index in [1.165, 1.54) is 19.9 Å². The van der Waals surface area contributed by atoms with E-state index in [0.29, 0.717) is 13.1 Å². The van der Waals surface area contributed by atoms with Gasteiger partial charge in [-0.2, -0.15) is 0 Å². The monoisotopic (exact) mass is 355 g/mol. The third kappa shape index (κ3) is 3.76. The summed E-state index contributed by atoms with van der Waals surface area (Å²) < 4.78 is 39.9. The van der Waals surface area contributed by atoms with Gasteiger partial charge in [0.25, 0.3) is 5.91 Å². The average molecular weight is 355 g/mol. The summed E-state index contributed by atoms with van der Waals surface area (Å²) in [5, 5.41) is 0. The Morgan fingerprint density at radius 1 is 1.25 bits per heavy atom. The van der Waals surface area contributed by atoms with Crippen LogP contribution in [0.25, 0.3) is 0 Å². The molecule has 24 heavy (non-hydrogen) atoms. The molecule has 2 aliphatic rings. The van der Waals surface area contributed by atoms with Crippen LogP contribution in [0.4, 0.5) is 4.39 Å². The van der Waals surface area contributed by atoms with Crippen LogP contribution >= 0.6 is 0 Å². The highest BCUT2D eigenvalue weighted by Crippen LogP contribution is 2.30. The molecule has 1 heterocycles. The summed E-state index contributed by atoms with van der Waals surface area (Å²) in [5.74, 6) is -0.352. The molecule has 0 unspecified atom stereocenters. The number of carbonyl (C=O) groups excluding carboxylic acids is 1. The Morgan fingerprint density at radius 2 is 1.92 bits per heavy atom. The summed E-state index contributed by atoms with van der Waals surface area (Å²) in [6.45, 7) is 3.70. The second-order valence-corrected chi connectivity index (χ2v) is 8.27. The van der Waals surface area contributed by atoms with Crippen LogP contribution in [0.3, 0.4) is 0 Å². The number of hydrogen-bond acceptors (Lipinski definition) is 4. The van der Waals surface area contributed by atoms with Crippen molar-refractivity contribution in [2.24, 2.45) is 5.92 Å². The van der Waals surface area contributed by atoms with Crippen molar-refractivity contribution in [1.29, 1.82) is 0 Å². The van der Waals surface area contributed by atoms with Crippen molar-refractivity contribution in [2.45, 2.75) is 17.7 Å². The van der Waals surface area contributed by atoms with Gasteiger partial charge >= 0.3 is 0 Å². The summed E-state index contributed by atoms with van der Waals surface area (Å²) in [7, 11) is -2.44. The van der Waals surface area contributed by atoms with Gasteiger partial charge in [0.1, 0.15) is 5.82 Å². The molecular weight excluding hydrogens is 333 g/mol. The highest BCUT2D eigenvalue weighted by atomic mass is 32.2. The zero-order chi connectivity index (χ0) is 17.3. The Balaban J connectivity index is 1.71.